The molecule has 7 heteroatoms. The minimum atomic E-state index is -0.788. The fourth-order valence-corrected chi connectivity index (χ4v) is 4.91. The lowest BCUT2D eigenvalue weighted by molar-refractivity contribution is 0.0942. The van der Waals surface area contributed by atoms with Crippen LogP contribution in [0.2, 0.25) is 0 Å². The van der Waals surface area contributed by atoms with Crippen molar-refractivity contribution in [2.24, 2.45) is 13.0 Å². The van der Waals surface area contributed by atoms with Gasteiger partial charge in [0.2, 0.25) is 0 Å². The first kappa shape index (κ1) is 23.3. The highest BCUT2D eigenvalue weighted by Crippen LogP contribution is 2.33. The molecule has 0 spiro atoms. The number of nitrogens with zero attached hydrogens (tertiary/aromatic N) is 3. The van der Waals surface area contributed by atoms with Crippen LogP contribution in [-0.4, -0.2) is 39.0 Å². The number of amides is 1. The van der Waals surface area contributed by atoms with Gasteiger partial charge in [0.1, 0.15) is 11.9 Å². The molecule has 2 unspecified atom stereocenters. The van der Waals surface area contributed by atoms with E-state index in [-0.39, 0.29) is 11.8 Å². The smallest absolute Gasteiger partial charge is 0.268 e. The van der Waals surface area contributed by atoms with Gasteiger partial charge in [-0.05, 0) is 42.6 Å². The van der Waals surface area contributed by atoms with Crippen molar-refractivity contribution in [1.82, 2.24) is 19.2 Å². The van der Waals surface area contributed by atoms with E-state index in [9.17, 15) is 9.18 Å². The normalized spacial score (nSPS) is 18.6. The average Bonchev–Trinajstić information content (AvgIpc) is 3.25. The Hall–Kier alpha value is -2.38. The number of aromatic nitrogens is 2. The van der Waals surface area contributed by atoms with E-state index in [1.807, 2.05) is 80.0 Å². The zero-order valence-corrected chi connectivity index (χ0v) is 19.7. The standard InChI is InChI=1S/C22H25FN4OS.C2H6/c1-14-12-27(13-18(14)23)29-21-10-20(26(3)15(21)2)22(28)25-11-16-6-4-8-19-17(16)7-5-9-24-19;1-2/h4-10,14,18H,11-13H2,1-3H3,(H,25,28);1-2H3. The number of fused-ring (bicyclic) bond motifs is 1. The lowest BCUT2D eigenvalue weighted by Crippen LogP contribution is -2.25. The van der Waals surface area contributed by atoms with Gasteiger partial charge in [-0.2, -0.15) is 0 Å². The monoisotopic (exact) mass is 442 g/mol. The highest BCUT2D eigenvalue weighted by atomic mass is 32.2. The number of halogens is 1. The van der Waals surface area contributed by atoms with Crippen LogP contribution in [0, 0.1) is 12.8 Å². The summed E-state index contributed by atoms with van der Waals surface area (Å²) in [6.45, 7) is 9.50. The molecule has 0 bridgehead atoms. The summed E-state index contributed by atoms with van der Waals surface area (Å²) in [4.78, 5) is 18.2. The molecule has 1 aliphatic rings. The van der Waals surface area contributed by atoms with Crippen molar-refractivity contribution in [3.8, 4) is 0 Å². The molecule has 1 N–H and O–H groups in total. The highest BCUT2D eigenvalue weighted by molar-refractivity contribution is 7.97. The van der Waals surface area contributed by atoms with Crippen molar-refractivity contribution in [2.45, 2.75) is 45.3 Å². The first-order valence-corrected chi connectivity index (χ1v) is 11.6. The van der Waals surface area contributed by atoms with Crippen molar-refractivity contribution < 1.29 is 9.18 Å². The molecular weight excluding hydrogens is 411 g/mol. The van der Waals surface area contributed by atoms with E-state index >= 15 is 0 Å². The lowest BCUT2D eigenvalue weighted by Gasteiger charge is -2.13. The SMILES string of the molecule is CC.Cc1c(SN2CC(C)C(F)C2)cc(C(=O)NCc2cccc3ncccc23)n1C. The zero-order chi connectivity index (χ0) is 22.5. The maximum atomic E-state index is 13.8. The molecule has 1 saturated heterocycles. The Labute approximate surface area is 188 Å². The second-order valence-corrected chi connectivity index (χ2v) is 8.78. The maximum absolute atomic E-state index is 13.8. The second kappa shape index (κ2) is 10.3. The summed E-state index contributed by atoms with van der Waals surface area (Å²) < 4.78 is 17.8. The Balaban J connectivity index is 0.00000132. The van der Waals surface area contributed by atoms with Crippen molar-refractivity contribution in [2.75, 3.05) is 13.1 Å². The van der Waals surface area contributed by atoms with Crippen LogP contribution in [-0.2, 0) is 13.6 Å². The van der Waals surface area contributed by atoms with E-state index in [0.29, 0.717) is 18.8 Å². The fraction of sp³-hybridized carbons (Fsp3) is 0.417. The number of pyridine rings is 1. The van der Waals surface area contributed by atoms with E-state index < -0.39 is 6.17 Å². The number of benzene rings is 1. The summed E-state index contributed by atoms with van der Waals surface area (Å²) in [5, 5.41) is 4.07. The van der Waals surface area contributed by atoms with E-state index in [0.717, 1.165) is 33.6 Å². The summed E-state index contributed by atoms with van der Waals surface area (Å²) >= 11 is 1.54. The predicted molar refractivity (Wildman–Crippen MR) is 126 cm³/mol. The number of carbonyl (C=O) groups is 1. The molecule has 2 atom stereocenters. The number of hydrogen-bond donors (Lipinski definition) is 1. The molecule has 0 saturated carbocycles. The molecule has 4 rings (SSSR count). The minimum absolute atomic E-state index is 0.0458. The summed E-state index contributed by atoms with van der Waals surface area (Å²) in [6.07, 6.45) is 0.979. The molecule has 2 aromatic heterocycles. The largest absolute Gasteiger partial charge is 0.347 e. The van der Waals surface area contributed by atoms with Gasteiger partial charge in [0.25, 0.3) is 5.91 Å². The molecule has 166 valence electrons. The lowest BCUT2D eigenvalue weighted by atomic mass is 10.1. The average molecular weight is 443 g/mol. The summed E-state index contributed by atoms with van der Waals surface area (Å²) in [5.41, 5.74) is 3.56. The van der Waals surface area contributed by atoms with Gasteiger partial charge in [0.15, 0.2) is 0 Å². The maximum Gasteiger partial charge on any atom is 0.268 e. The molecule has 0 aliphatic carbocycles. The summed E-state index contributed by atoms with van der Waals surface area (Å²) in [7, 11) is 1.89. The van der Waals surface area contributed by atoms with Gasteiger partial charge in [0, 0.05) is 54.8 Å². The van der Waals surface area contributed by atoms with Gasteiger partial charge in [-0.1, -0.05) is 39.0 Å². The van der Waals surface area contributed by atoms with Crippen LogP contribution in [0.5, 0.6) is 0 Å². The molecule has 3 aromatic rings. The van der Waals surface area contributed by atoms with Crippen molar-refractivity contribution in [3.05, 3.63) is 59.5 Å². The van der Waals surface area contributed by atoms with E-state index in [4.69, 9.17) is 0 Å². The van der Waals surface area contributed by atoms with Crippen LogP contribution in [0.4, 0.5) is 4.39 Å². The zero-order valence-electron chi connectivity index (χ0n) is 18.9. The Bertz CT molecular complexity index is 1040. The Morgan fingerprint density at radius 2 is 2.03 bits per heavy atom. The Morgan fingerprint density at radius 3 is 2.74 bits per heavy atom. The van der Waals surface area contributed by atoms with Gasteiger partial charge in [-0.15, -0.1) is 0 Å². The number of hydrogen-bond acceptors (Lipinski definition) is 4. The second-order valence-electron chi connectivity index (χ2n) is 7.64. The Morgan fingerprint density at radius 1 is 1.26 bits per heavy atom. The van der Waals surface area contributed by atoms with Crippen molar-refractivity contribution in [3.63, 3.8) is 0 Å². The number of alkyl halides is 1. The molecule has 0 radical (unpaired) electrons. The van der Waals surface area contributed by atoms with Crippen LogP contribution >= 0.6 is 11.9 Å². The third-order valence-electron chi connectivity index (χ3n) is 5.61. The first-order valence-electron chi connectivity index (χ1n) is 10.8. The van der Waals surface area contributed by atoms with E-state index in [1.54, 1.807) is 6.20 Å². The molecule has 1 aliphatic heterocycles. The van der Waals surface area contributed by atoms with Crippen LogP contribution in [0.15, 0.2) is 47.5 Å². The van der Waals surface area contributed by atoms with Crippen LogP contribution < -0.4 is 5.32 Å². The summed E-state index contributed by atoms with van der Waals surface area (Å²) in [6, 6.07) is 11.7. The molecular formula is C24H31FN4OS. The van der Waals surface area contributed by atoms with Gasteiger partial charge < -0.3 is 9.88 Å². The quantitative estimate of drug-likeness (QED) is 0.556. The van der Waals surface area contributed by atoms with Gasteiger partial charge in [-0.3, -0.25) is 9.78 Å². The minimum Gasteiger partial charge on any atom is -0.347 e. The predicted octanol–water partition coefficient (Wildman–Crippen LogP) is 5.13. The number of carbonyl (C=O) groups excluding carboxylic acids is 1. The topological polar surface area (TPSA) is 50.2 Å². The Kier molecular flexibility index (Phi) is 7.73. The third kappa shape index (κ3) is 5.10. The van der Waals surface area contributed by atoms with E-state index in [1.165, 1.54) is 11.9 Å². The molecule has 3 heterocycles. The number of nitrogens with one attached hydrogen (secondary N) is 1. The first-order chi connectivity index (χ1) is 14.9. The van der Waals surface area contributed by atoms with Crippen LogP contribution in [0.3, 0.4) is 0 Å². The molecule has 1 amide bonds. The molecule has 31 heavy (non-hydrogen) atoms. The number of rotatable bonds is 5. The van der Waals surface area contributed by atoms with Gasteiger partial charge >= 0.3 is 0 Å². The van der Waals surface area contributed by atoms with Crippen LogP contribution in [0.1, 0.15) is 42.5 Å². The summed E-state index contributed by atoms with van der Waals surface area (Å²) in [5.74, 6) is -0.0778. The van der Waals surface area contributed by atoms with Crippen molar-refractivity contribution >= 4 is 28.8 Å². The highest BCUT2D eigenvalue weighted by Gasteiger charge is 2.31. The molecule has 1 fully saturated rings. The van der Waals surface area contributed by atoms with Gasteiger partial charge in [0.05, 0.1) is 5.52 Å². The van der Waals surface area contributed by atoms with Crippen molar-refractivity contribution in [1.29, 1.82) is 0 Å². The fourth-order valence-electron chi connectivity index (χ4n) is 3.67. The molecule has 5 nitrogen and oxygen atoms in total. The van der Waals surface area contributed by atoms with Gasteiger partial charge in [-0.25, -0.2) is 8.70 Å². The third-order valence-corrected chi connectivity index (χ3v) is 6.78. The van der Waals surface area contributed by atoms with E-state index in [2.05, 4.69) is 10.3 Å². The molecule has 1 aromatic carbocycles. The van der Waals surface area contributed by atoms with Crippen LogP contribution in [0.25, 0.3) is 10.9 Å².